The summed E-state index contributed by atoms with van der Waals surface area (Å²) in [5.41, 5.74) is 6.67. The minimum Gasteiger partial charge on any atom is -0.545 e. The number of nitrogens with zero attached hydrogens (tertiary/aromatic N) is 4. The molecular formula is C66H66F2N6Na2O14. The van der Waals surface area contributed by atoms with Gasteiger partial charge in [-0.05, 0) is 137 Å². The number of aliphatic hydroxyl groups excluding tert-OH is 4. The van der Waals surface area contributed by atoms with Gasteiger partial charge in [0.1, 0.15) is 34.7 Å². The van der Waals surface area contributed by atoms with Gasteiger partial charge in [-0.15, -0.1) is 0 Å². The number of pyridine rings is 2. The average Bonchev–Trinajstić information content (AvgIpc) is 1.75. The SMILES string of the molecule is CC(C)n1c(CC[C@@H](O)C[C@@H](O)CC(=O)O)c(-c2ccc(F)cc2)c(-c2ccccc2)c1C(=O)Nc1ccc(C(=O)[O-])cn1.CC(C)n1c(CC[C@@H](O)C[C@@H](O)CC(=O)O)c(-c2ccc(F)cc2)c(-c2ccccc2)c1C(=O)Nc1ccc(C(=O)[O-])cn1.[Na+].[Na+]. The summed E-state index contributed by atoms with van der Waals surface area (Å²) in [6.45, 7) is 7.57. The van der Waals surface area contributed by atoms with Gasteiger partial charge in [-0.1, -0.05) is 84.9 Å². The minimum atomic E-state index is -1.40. The molecule has 0 saturated carbocycles. The Balaban J connectivity index is 0.000000320. The summed E-state index contributed by atoms with van der Waals surface area (Å²) < 4.78 is 31.8. The maximum Gasteiger partial charge on any atom is 1.00 e. The van der Waals surface area contributed by atoms with E-state index < -0.39 is 84.6 Å². The number of amides is 2. The number of anilines is 2. The molecular weight excluding hydrogens is 1180 g/mol. The van der Waals surface area contributed by atoms with E-state index in [1.807, 2.05) is 97.5 Å². The van der Waals surface area contributed by atoms with Crippen LogP contribution in [0.3, 0.4) is 0 Å². The Bertz CT molecular complexity index is 3490. The standard InChI is InChI=1S/2C33H34FN3O7.2Na/c2*1-19(2)37-26(14-13-24(38)16-25(39)17-28(40)41)29(21-8-11-23(34)12-9-21)30(20-6-4-3-5-7-20)31(37)32(42)36-27-15-10-22(18-35-27)33(43)44;;/h2*3-12,15,18-19,24-25,38-39H,13-14,16-17H2,1-2H3,(H,40,41)(H,43,44)(H,35,36,42);;/q;;2*+1/p-2/t2*24-,25-;;/m11../s1. The molecule has 24 heteroatoms. The fourth-order valence-electron chi connectivity index (χ4n) is 10.5. The summed E-state index contributed by atoms with van der Waals surface area (Å²) >= 11 is 0. The van der Waals surface area contributed by atoms with Crippen LogP contribution in [-0.2, 0) is 22.4 Å². The zero-order valence-electron chi connectivity index (χ0n) is 50.5. The number of carboxylic acids is 4. The molecule has 4 heterocycles. The molecule has 0 spiro atoms. The molecule has 20 nitrogen and oxygen atoms in total. The number of carbonyl (C=O) groups excluding carboxylic acids is 4. The number of aliphatic hydroxyl groups is 4. The molecule has 8 rings (SSSR count). The molecule has 0 aliphatic rings. The number of aromatic carboxylic acids is 2. The Labute approximate surface area is 561 Å². The molecule has 4 aromatic carbocycles. The van der Waals surface area contributed by atoms with Crippen molar-refractivity contribution in [3.8, 4) is 44.5 Å². The van der Waals surface area contributed by atoms with Gasteiger partial charge in [0, 0.05) is 69.2 Å². The molecule has 0 fully saturated rings. The van der Waals surface area contributed by atoms with Gasteiger partial charge in [-0.2, -0.15) is 0 Å². The summed E-state index contributed by atoms with van der Waals surface area (Å²) in [5.74, 6) is -6.86. The van der Waals surface area contributed by atoms with Gasteiger partial charge in [-0.25, -0.2) is 18.7 Å². The summed E-state index contributed by atoms with van der Waals surface area (Å²) in [7, 11) is 0. The second-order valence-electron chi connectivity index (χ2n) is 21.5. The number of carboxylic acid groups (broad SMARTS) is 4. The van der Waals surface area contributed by atoms with E-state index in [0.717, 1.165) is 12.4 Å². The van der Waals surface area contributed by atoms with Crippen molar-refractivity contribution in [3.05, 3.63) is 191 Å². The van der Waals surface area contributed by atoms with Crippen molar-refractivity contribution in [2.24, 2.45) is 0 Å². The number of aliphatic carboxylic acids is 2. The number of hydrogen-bond acceptors (Lipinski definition) is 14. The van der Waals surface area contributed by atoms with Gasteiger partial charge in [0.15, 0.2) is 0 Å². The Morgan fingerprint density at radius 3 is 1.07 bits per heavy atom. The zero-order valence-corrected chi connectivity index (χ0v) is 54.5. The first-order chi connectivity index (χ1) is 41.9. The average molecular weight is 1250 g/mol. The molecule has 4 atom stereocenters. The van der Waals surface area contributed by atoms with Gasteiger partial charge >= 0.3 is 71.1 Å². The van der Waals surface area contributed by atoms with Crippen LogP contribution in [0.2, 0.25) is 0 Å². The smallest absolute Gasteiger partial charge is 0.545 e. The summed E-state index contributed by atoms with van der Waals surface area (Å²) in [4.78, 5) is 80.6. The first kappa shape index (κ1) is 73.0. The van der Waals surface area contributed by atoms with Crippen molar-refractivity contribution in [1.82, 2.24) is 19.1 Å². The fraction of sp³-hybridized carbons (Fsp3) is 0.273. The quantitative estimate of drug-likeness (QED) is 0.0360. The summed E-state index contributed by atoms with van der Waals surface area (Å²) in [6, 6.07) is 34.8. The van der Waals surface area contributed by atoms with Gasteiger partial charge in [0.05, 0.1) is 49.2 Å². The monoisotopic (exact) mass is 1250 g/mol. The molecule has 2 amide bonds. The Morgan fingerprint density at radius 2 is 0.789 bits per heavy atom. The molecule has 0 aliphatic carbocycles. The van der Waals surface area contributed by atoms with E-state index in [-0.39, 0.29) is 144 Å². The molecule has 0 unspecified atom stereocenters. The third-order valence-electron chi connectivity index (χ3n) is 14.3. The van der Waals surface area contributed by atoms with Crippen LogP contribution in [0.5, 0.6) is 0 Å². The maximum absolute atomic E-state index is 14.1. The molecule has 8 aromatic rings. The van der Waals surface area contributed by atoms with E-state index in [0.29, 0.717) is 55.9 Å². The summed E-state index contributed by atoms with van der Waals surface area (Å²) in [5, 5.41) is 87.4. The second-order valence-corrected chi connectivity index (χ2v) is 21.5. The molecule has 0 radical (unpaired) electrons. The van der Waals surface area contributed by atoms with Crippen LogP contribution in [0.15, 0.2) is 146 Å². The normalized spacial score (nSPS) is 12.3. The van der Waals surface area contributed by atoms with E-state index in [2.05, 4.69) is 20.6 Å². The maximum atomic E-state index is 14.1. The van der Waals surface area contributed by atoms with E-state index >= 15 is 0 Å². The number of benzene rings is 4. The van der Waals surface area contributed by atoms with E-state index in [1.165, 1.54) is 48.5 Å². The molecule has 0 bridgehead atoms. The topological polar surface area (TPSA) is 330 Å². The van der Waals surface area contributed by atoms with E-state index in [9.17, 15) is 68.2 Å². The summed E-state index contributed by atoms with van der Waals surface area (Å²) in [6.07, 6.45) is -2.90. The molecule has 0 saturated heterocycles. The first-order valence-electron chi connectivity index (χ1n) is 28.2. The van der Waals surface area contributed by atoms with Crippen molar-refractivity contribution in [3.63, 3.8) is 0 Å². The Hall–Kier alpha value is -7.74. The van der Waals surface area contributed by atoms with Gasteiger partial charge < -0.3 is 70.2 Å². The van der Waals surface area contributed by atoms with Crippen molar-refractivity contribution in [1.29, 1.82) is 0 Å². The van der Waals surface area contributed by atoms with Crippen molar-refractivity contribution in [2.45, 2.75) is 116 Å². The fourth-order valence-corrected chi connectivity index (χ4v) is 10.5. The van der Waals surface area contributed by atoms with Crippen LogP contribution >= 0.6 is 0 Å². The van der Waals surface area contributed by atoms with E-state index in [1.54, 1.807) is 24.3 Å². The van der Waals surface area contributed by atoms with Crippen LogP contribution in [0.25, 0.3) is 44.5 Å². The van der Waals surface area contributed by atoms with Crippen molar-refractivity contribution < 1.29 is 138 Å². The molecule has 0 aliphatic heterocycles. The van der Waals surface area contributed by atoms with Gasteiger partial charge in [0.2, 0.25) is 0 Å². The molecule has 4 aromatic heterocycles. The van der Waals surface area contributed by atoms with Crippen LogP contribution in [-0.4, -0.2) is 110 Å². The van der Waals surface area contributed by atoms with Crippen LogP contribution in [0.1, 0.15) is 131 Å². The zero-order chi connectivity index (χ0) is 63.9. The predicted octanol–water partition coefficient (Wildman–Crippen LogP) is 2.15. The van der Waals surface area contributed by atoms with Gasteiger partial charge in [-0.3, -0.25) is 19.2 Å². The number of carbonyl (C=O) groups is 6. The third kappa shape index (κ3) is 19.2. The van der Waals surface area contributed by atoms with Gasteiger partial charge in [0.25, 0.3) is 11.8 Å². The van der Waals surface area contributed by atoms with Crippen LogP contribution in [0, 0.1) is 11.6 Å². The number of hydrogen-bond donors (Lipinski definition) is 8. The van der Waals surface area contributed by atoms with Crippen LogP contribution in [0.4, 0.5) is 20.4 Å². The molecule has 460 valence electrons. The number of halogens is 2. The Kier molecular flexibility index (Phi) is 27.5. The second kappa shape index (κ2) is 33.9. The number of nitrogens with one attached hydrogen (secondary N) is 2. The number of rotatable bonds is 26. The molecule has 90 heavy (non-hydrogen) atoms. The largest absolute Gasteiger partial charge is 1.00 e. The number of aromatic nitrogens is 4. The Morgan fingerprint density at radius 1 is 0.467 bits per heavy atom. The van der Waals surface area contributed by atoms with E-state index in [4.69, 9.17) is 10.2 Å². The van der Waals surface area contributed by atoms with Crippen molar-refractivity contribution >= 4 is 47.3 Å². The van der Waals surface area contributed by atoms with Crippen molar-refractivity contribution in [2.75, 3.05) is 10.6 Å². The third-order valence-corrected chi connectivity index (χ3v) is 14.3. The molecule has 8 N–H and O–H groups in total. The van der Waals surface area contributed by atoms with Crippen LogP contribution < -0.4 is 80.0 Å². The minimum absolute atomic E-state index is 0. The first-order valence-corrected chi connectivity index (χ1v) is 28.2. The predicted molar refractivity (Wildman–Crippen MR) is 319 cm³/mol.